The highest BCUT2D eigenvalue weighted by atomic mass is 32.2. The number of unbranched alkanes of at least 4 members (excludes halogenated alkanes) is 1. The molecule has 0 bridgehead atoms. The number of nitrogens with zero attached hydrogens (tertiary/aromatic N) is 3. The van der Waals surface area contributed by atoms with Gasteiger partial charge in [-0.2, -0.15) is 0 Å². The van der Waals surface area contributed by atoms with Crippen molar-refractivity contribution in [1.29, 1.82) is 0 Å². The molecule has 1 aromatic heterocycles. The van der Waals surface area contributed by atoms with E-state index in [-0.39, 0.29) is 16.5 Å². The zero-order valence-corrected chi connectivity index (χ0v) is 29.5. The van der Waals surface area contributed by atoms with Crippen LogP contribution in [-0.2, 0) is 15.3 Å². The van der Waals surface area contributed by atoms with Crippen molar-refractivity contribution >= 4 is 45.7 Å². The smallest absolute Gasteiger partial charge is 0.301 e. The van der Waals surface area contributed by atoms with E-state index in [9.17, 15) is 14.7 Å². The van der Waals surface area contributed by atoms with E-state index in [1.54, 1.807) is 42.5 Å². The number of hydrogen-bond donors (Lipinski definition) is 1. The second-order valence-corrected chi connectivity index (χ2v) is 14.1. The summed E-state index contributed by atoms with van der Waals surface area (Å²) < 4.78 is 18.1. The summed E-state index contributed by atoms with van der Waals surface area (Å²) in [6.45, 7) is 9.47. The molecule has 3 aromatic carbocycles. The number of hydrogen-bond acceptors (Lipinski definition) is 10. The summed E-state index contributed by atoms with van der Waals surface area (Å²) >= 11 is 2.72. The number of amides is 1. The van der Waals surface area contributed by atoms with Crippen LogP contribution in [0.4, 0.5) is 5.13 Å². The highest BCUT2D eigenvalue weighted by molar-refractivity contribution is 8.00. The lowest BCUT2D eigenvalue weighted by molar-refractivity contribution is -0.132. The number of benzene rings is 3. The van der Waals surface area contributed by atoms with Gasteiger partial charge in [0.05, 0.1) is 31.9 Å². The summed E-state index contributed by atoms with van der Waals surface area (Å²) in [5.74, 6) is 0.869. The number of ether oxygens (including phenoxy) is 3. The number of rotatable bonds is 15. The summed E-state index contributed by atoms with van der Waals surface area (Å²) in [7, 11) is 1.54. The van der Waals surface area contributed by atoms with Crippen LogP contribution in [0.2, 0.25) is 0 Å². The number of aliphatic hydroxyl groups excluding tert-OH is 1. The lowest BCUT2D eigenvalue weighted by Crippen LogP contribution is -2.29. The maximum Gasteiger partial charge on any atom is 0.301 e. The molecule has 252 valence electrons. The predicted octanol–water partition coefficient (Wildman–Crippen LogP) is 8.38. The summed E-state index contributed by atoms with van der Waals surface area (Å²) in [6, 6.07) is 19.4. The number of Topliss-reactive ketones (excluding diaryl/α,β-unsaturated/α-hetero) is 1. The van der Waals surface area contributed by atoms with Crippen molar-refractivity contribution < 1.29 is 28.9 Å². The van der Waals surface area contributed by atoms with Crippen molar-refractivity contribution in [2.75, 3.05) is 25.2 Å². The minimum absolute atomic E-state index is 0.0563. The van der Waals surface area contributed by atoms with Crippen LogP contribution in [0, 0.1) is 12.8 Å². The van der Waals surface area contributed by atoms with Gasteiger partial charge in [-0.3, -0.25) is 14.5 Å². The highest BCUT2D eigenvalue weighted by Gasteiger charge is 2.48. The van der Waals surface area contributed by atoms with Crippen molar-refractivity contribution in [1.82, 2.24) is 10.2 Å². The first kappa shape index (κ1) is 35.0. The lowest BCUT2D eigenvalue weighted by Gasteiger charge is -2.23. The molecule has 1 aliphatic heterocycles. The fraction of sp³-hybridized carbons (Fsp3) is 0.351. The molecule has 0 aliphatic carbocycles. The van der Waals surface area contributed by atoms with Crippen LogP contribution in [0.25, 0.3) is 5.76 Å². The maximum absolute atomic E-state index is 13.8. The van der Waals surface area contributed by atoms with Gasteiger partial charge in [0.15, 0.2) is 15.8 Å². The Labute approximate surface area is 290 Å². The number of thioether (sulfide) groups is 1. The molecule has 4 aromatic rings. The number of aliphatic hydroxyl groups is 1. The number of anilines is 1. The van der Waals surface area contributed by atoms with Gasteiger partial charge in [-0.25, -0.2) is 0 Å². The van der Waals surface area contributed by atoms with Crippen LogP contribution < -0.4 is 19.1 Å². The molecular weight excluding hydrogens is 647 g/mol. The van der Waals surface area contributed by atoms with E-state index in [1.807, 2.05) is 6.92 Å². The SMILES string of the molecule is CCCCOc1ccc(/C(O)=C2\C(=O)C(=O)N(c3nnc(SCc4ccc(C)cc4)s3)C2c2ccc(OCCC(C)C)c(OC)c2)cc1. The minimum atomic E-state index is -0.994. The van der Waals surface area contributed by atoms with Gasteiger partial charge in [-0.1, -0.05) is 86.2 Å². The van der Waals surface area contributed by atoms with Gasteiger partial charge in [0.2, 0.25) is 5.13 Å². The zero-order valence-electron chi connectivity index (χ0n) is 27.9. The van der Waals surface area contributed by atoms with Crippen LogP contribution in [0.15, 0.2) is 76.6 Å². The summed E-state index contributed by atoms with van der Waals surface area (Å²) in [5, 5.41) is 20.6. The largest absolute Gasteiger partial charge is 0.507 e. The van der Waals surface area contributed by atoms with Gasteiger partial charge >= 0.3 is 5.91 Å². The zero-order chi connectivity index (χ0) is 34.2. The normalized spacial score (nSPS) is 15.7. The van der Waals surface area contributed by atoms with E-state index < -0.39 is 17.7 Å². The molecule has 11 heteroatoms. The molecule has 1 aliphatic rings. The van der Waals surface area contributed by atoms with Crippen LogP contribution in [0.5, 0.6) is 17.2 Å². The molecular formula is C37H41N3O6S2. The van der Waals surface area contributed by atoms with E-state index in [0.717, 1.165) is 24.8 Å². The van der Waals surface area contributed by atoms with Crippen LogP contribution in [0.1, 0.15) is 68.3 Å². The number of methoxy groups -OCH3 is 1. The van der Waals surface area contributed by atoms with Gasteiger partial charge in [0, 0.05) is 11.3 Å². The fourth-order valence-corrected chi connectivity index (χ4v) is 6.93. The first-order valence-electron chi connectivity index (χ1n) is 16.1. The fourth-order valence-electron chi connectivity index (χ4n) is 5.11. The van der Waals surface area contributed by atoms with Crippen molar-refractivity contribution in [3.05, 3.63) is 94.6 Å². The Morgan fingerprint density at radius 2 is 1.73 bits per heavy atom. The second-order valence-electron chi connectivity index (χ2n) is 12.0. The Hall–Kier alpha value is -4.35. The molecule has 1 amide bonds. The monoisotopic (exact) mass is 687 g/mol. The summed E-state index contributed by atoms with van der Waals surface area (Å²) in [6.07, 6.45) is 2.80. The molecule has 0 radical (unpaired) electrons. The van der Waals surface area contributed by atoms with Crippen LogP contribution in [0.3, 0.4) is 0 Å². The summed E-state index contributed by atoms with van der Waals surface area (Å²) in [4.78, 5) is 28.9. The Morgan fingerprint density at radius 3 is 2.42 bits per heavy atom. The molecule has 9 nitrogen and oxygen atoms in total. The first-order chi connectivity index (χ1) is 23.2. The number of aryl methyl sites for hydroxylation is 1. The third-order valence-electron chi connectivity index (χ3n) is 7.88. The standard InChI is InChI=1S/C37H41N3O6S2/c1-6-7-19-45-28-15-12-26(13-16-28)33(41)31-32(27-14-17-29(30(21-27)44-5)46-20-18-23(2)3)40(35(43)34(31)42)36-38-39-37(48-36)47-22-25-10-8-24(4)9-11-25/h8-17,21,23,32,41H,6-7,18-20,22H2,1-5H3/b33-31+. The number of aromatic nitrogens is 2. The van der Waals surface area contributed by atoms with Crippen LogP contribution >= 0.6 is 23.1 Å². The van der Waals surface area contributed by atoms with Crippen molar-refractivity contribution in [2.45, 2.75) is 63.1 Å². The predicted molar refractivity (Wildman–Crippen MR) is 190 cm³/mol. The quantitative estimate of drug-likeness (QED) is 0.0329. The highest BCUT2D eigenvalue weighted by Crippen LogP contribution is 2.45. The minimum Gasteiger partial charge on any atom is -0.507 e. The van der Waals surface area contributed by atoms with Gasteiger partial charge in [-0.15, -0.1) is 10.2 Å². The molecule has 2 heterocycles. The Bertz CT molecular complexity index is 1750. The number of carbonyl (C=O) groups excluding carboxylic acids is 2. The average Bonchev–Trinajstić information content (AvgIpc) is 3.66. The van der Waals surface area contributed by atoms with Crippen molar-refractivity contribution in [2.24, 2.45) is 5.92 Å². The second kappa shape index (κ2) is 16.2. The Kier molecular flexibility index (Phi) is 11.8. The first-order valence-corrected chi connectivity index (χ1v) is 17.9. The molecule has 1 atom stereocenters. The Morgan fingerprint density at radius 1 is 0.979 bits per heavy atom. The number of carbonyl (C=O) groups is 2. The lowest BCUT2D eigenvalue weighted by atomic mass is 9.95. The molecule has 1 fully saturated rings. The summed E-state index contributed by atoms with van der Waals surface area (Å²) in [5.41, 5.74) is 3.19. The van der Waals surface area contributed by atoms with Gasteiger partial charge < -0.3 is 19.3 Å². The van der Waals surface area contributed by atoms with E-state index in [1.165, 1.54) is 40.7 Å². The number of ketones is 1. The van der Waals surface area contributed by atoms with Gasteiger partial charge in [0.1, 0.15) is 11.5 Å². The third-order valence-corrected chi connectivity index (χ3v) is 10.0. The van der Waals surface area contributed by atoms with E-state index in [4.69, 9.17) is 14.2 Å². The molecule has 48 heavy (non-hydrogen) atoms. The molecule has 1 N–H and O–H groups in total. The van der Waals surface area contributed by atoms with E-state index in [0.29, 0.717) is 57.6 Å². The average molecular weight is 688 g/mol. The Balaban J connectivity index is 1.52. The van der Waals surface area contributed by atoms with Crippen LogP contribution in [-0.4, -0.2) is 47.3 Å². The maximum atomic E-state index is 13.8. The van der Waals surface area contributed by atoms with Gasteiger partial charge in [-0.05, 0) is 73.2 Å². The third kappa shape index (κ3) is 8.19. The topological polar surface area (TPSA) is 111 Å². The molecule has 0 saturated carbocycles. The van der Waals surface area contributed by atoms with Crippen molar-refractivity contribution in [3.63, 3.8) is 0 Å². The molecule has 5 rings (SSSR count). The van der Waals surface area contributed by atoms with E-state index in [2.05, 4.69) is 55.2 Å². The molecule has 1 unspecified atom stereocenters. The van der Waals surface area contributed by atoms with Gasteiger partial charge in [0.25, 0.3) is 5.78 Å². The van der Waals surface area contributed by atoms with E-state index >= 15 is 0 Å². The van der Waals surface area contributed by atoms with Crippen molar-refractivity contribution in [3.8, 4) is 17.2 Å². The molecule has 0 spiro atoms. The molecule has 1 saturated heterocycles.